The van der Waals surface area contributed by atoms with Crippen LogP contribution in [0.1, 0.15) is 25.6 Å². The summed E-state index contributed by atoms with van der Waals surface area (Å²) in [5.74, 6) is 0.468. The summed E-state index contributed by atoms with van der Waals surface area (Å²) in [6.45, 7) is 2.21. The summed E-state index contributed by atoms with van der Waals surface area (Å²) >= 11 is 6.27. The van der Waals surface area contributed by atoms with Crippen molar-refractivity contribution in [2.45, 2.75) is 25.0 Å². The molecule has 2 aliphatic rings. The maximum Gasteiger partial charge on any atom is 0.236 e. The minimum atomic E-state index is -3.67. The van der Waals surface area contributed by atoms with E-state index in [2.05, 4.69) is 36.1 Å². The molecule has 1 aliphatic carbocycles. The van der Waals surface area contributed by atoms with Gasteiger partial charge in [0.25, 0.3) is 0 Å². The molecular weight excluding hydrogens is 496 g/mol. The number of ether oxygens (including phenoxy) is 2. The number of hydrogen-bond donors (Lipinski definition) is 2. The molecule has 1 aromatic carbocycles. The second-order valence-electron chi connectivity index (χ2n) is 7.60. The summed E-state index contributed by atoms with van der Waals surface area (Å²) in [6, 6.07) is 4.72. The Balaban J connectivity index is 1.79. The number of sulfonamides is 1. The lowest BCUT2D eigenvalue weighted by molar-refractivity contribution is 0.330. The van der Waals surface area contributed by atoms with Crippen LogP contribution in [0.25, 0.3) is 22.7 Å². The molecule has 3 aromatic rings. The van der Waals surface area contributed by atoms with Crippen molar-refractivity contribution >= 4 is 50.3 Å². The van der Waals surface area contributed by atoms with Crippen LogP contribution in [0.2, 0.25) is 5.15 Å². The summed E-state index contributed by atoms with van der Waals surface area (Å²) < 4.78 is 39.9. The molecule has 5 rings (SSSR count). The fourth-order valence-electron chi connectivity index (χ4n) is 3.47. The van der Waals surface area contributed by atoms with Crippen LogP contribution in [-0.4, -0.2) is 57.9 Å². The van der Waals surface area contributed by atoms with E-state index in [1.165, 1.54) is 23.8 Å². The number of phenolic OH excluding ortho intramolecular Hbond substituents is 1. The Bertz CT molecular complexity index is 1600. The van der Waals surface area contributed by atoms with Crippen LogP contribution in [0.5, 0.6) is 11.5 Å². The first kappa shape index (κ1) is 22.9. The third kappa shape index (κ3) is 4.24. The number of halogens is 1. The van der Waals surface area contributed by atoms with Gasteiger partial charge < -0.3 is 14.6 Å². The molecule has 0 spiro atoms. The summed E-state index contributed by atoms with van der Waals surface area (Å²) in [7, 11) is -2.22. The first-order valence-electron chi connectivity index (χ1n) is 10.6. The van der Waals surface area contributed by atoms with Gasteiger partial charge >= 0.3 is 0 Å². The monoisotopic (exact) mass is 514 g/mol. The number of para-hydroxylation sites is 1. The largest absolute Gasteiger partial charge is 0.506 e. The lowest BCUT2D eigenvalue weighted by Gasteiger charge is -2.15. The van der Waals surface area contributed by atoms with Crippen LogP contribution in [0, 0.1) is 0 Å². The van der Waals surface area contributed by atoms with Crippen LogP contribution in [0.3, 0.4) is 0 Å². The van der Waals surface area contributed by atoms with E-state index in [1.54, 1.807) is 12.1 Å². The van der Waals surface area contributed by atoms with Crippen molar-refractivity contribution in [1.29, 1.82) is 0 Å². The van der Waals surface area contributed by atoms with Crippen LogP contribution in [0.15, 0.2) is 40.7 Å². The number of hydrogen-bond acceptors (Lipinski definition) is 9. The second-order valence-corrected chi connectivity index (χ2v) is 9.92. The first-order valence-corrected chi connectivity index (χ1v) is 12.5. The van der Waals surface area contributed by atoms with Gasteiger partial charge in [-0.1, -0.05) is 23.4 Å². The van der Waals surface area contributed by atoms with Crippen molar-refractivity contribution < 1.29 is 23.0 Å². The Morgan fingerprint density at radius 2 is 2.09 bits per heavy atom. The van der Waals surface area contributed by atoms with E-state index in [-0.39, 0.29) is 45.2 Å². The summed E-state index contributed by atoms with van der Waals surface area (Å²) in [6.07, 6.45) is 2.65. The predicted octanol–water partition coefficient (Wildman–Crippen LogP) is 3.19. The highest BCUT2D eigenvalue weighted by Crippen LogP contribution is 2.38. The summed E-state index contributed by atoms with van der Waals surface area (Å²) in [5, 5.41) is 10.1. The molecule has 0 bridgehead atoms. The van der Waals surface area contributed by atoms with Gasteiger partial charge in [-0.15, -0.1) is 0 Å². The zero-order valence-corrected chi connectivity index (χ0v) is 20.2. The van der Waals surface area contributed by atoms with Crippen molar-refractivity contribution in [3.05, 3.63) is 46.7 Å². The number of rotatable bonds is 7. The van der Waals surface area contributed by atoms with Crippen LogP contribution >= 0.6 is 11.6 Å². The number of imidazole rings is 1. The maximum absolute atomic E-state index is 12.5. The molecule has 0 amide bonds. The Hall–Kier alpha value is -3.82. The van der Waals surface area contributed by atoms with Gasteiger partial charge in [0, 0.05) is 0 Å². The van der Waals surface area contributed by atoms with Gasteiger partial charge in [0.15, 0.2) is 33.8 Å². The fraction of sp³-hybridized carbons (Fsp3) is 0.273. The number of aliphatic imine (C=N–C) groups is 1. The van der Waals surface area contributed by atoms with Crippen molar-refractivity contribution in [3.8, 4) is 17.2 Å². The number of methoxy groups -OCH3 is 1. The van der Waals surface area contributed by atoms with Gasteiger partial charge in [-0.3, -0.25) is 9.29 Å². The van der Waals surface area contributed by atoms with Crippen molar-refractivity contribution in [3.63, 3.8) is 0 Å². The van der Waals surface area contributed by atoms with E-state index in [4.69, 9.17) is 21.1 Å². The molecular formula is C22H19ClN6O5S. The summed E-state index contributed by atoms with van der Waals surface area (Å²) in [5.41, 5.74) is 6.32. The minimum absolute atomic E-state index is 0.0849. The van der Waals surface area contributed by atoms with Gasteiger partial charge in [0.1, 0.15) is 17.2 Å². The number of nitrogens with zero attached hydrogens (tertiary/aromatic N) is 5. The normalized spacial score (nSPS) is 15.2. The van der Waals surface area contributed by atoms with Crippen LogP contribution in [0.4, 0.5) is 5.82 Å². The van der Waals surface area contributed by atoms with E-state index >= 15 is 0 Å². The molecule has 0 radical (unpaired) electrons. The molecule has 180 valence electrons. The maximum atomic E-state index is 12.5. The number of phenols is 1. The average molecular weight is 515 g/mol. The highest BCUT2D eigenvalue weighted by Gasteiger charge is 2.37. The predicted molar refractivity (Wildman–Crippen MR) is 130 cm³/mol. The minimum Gasteiger partial charge on any atom is -0.506 e. The smallest absolute Gasteiger partial charge is 0.236 e. The molecule has 2 aromatic heterocycles. The quantitative estimate of drug-likeness (QED) is 0.458. The molecule has 35 heavy (non-hydrogen) atoms. The molecule has 0 atom stereocenters. The van der Waals surface area contributed by atoms with E-state index in [0.29, 0.717) is 31.1 Å². The highest BCUT2D eigenvalue weighted by molar-refractivity contribution is 7.93. The molecule has 11 nitrogen and oxygen atoms in total. The van der Waals surface area contributed by atoms with Crippen molar-refractivity contribution in [2.75, 3.05) is 18.4 Å². The Kier molecular flexibility index (Phi) is 5.74. The Labute approximate surface area is 205 Å². The third-order valence-corrected chi connectivity index (χ3v) is 7.28. The Morgan fingerprint density at radius 1 is 1.29 bits per heavy atom. The lowest BCUT2D eigenvalue weighted by Crippen LogP contribution is -2.19. The SMILES string of the molecule is CCOC1=NC(c2nc3nc(Cl)c(NS(=O)(=O)C4CC4)nc3n2-c2c(O)cccc2OC)=C=C=C1. The van der Waals surface area contributed by atoms with Gasteiger partial charge in [0.2, 0.25) is 15.9 Å². The lowest BCUT2D eigenvalue weighted by atomic mass is 10.2. The van der Waals surface area contributed by atoms with Gasteiger partial charge in [-0.25, -0.2) is 28.4 Å². The molecule has 0 saturated heterocycles. The van der Waals surface area contributed by atoms with E-state index in [0.717, 1.165) is 0 Å². The number of aromatic nitrogens is 4. The van der Waals surface area contributed by atoms with Gasteiger partial charge in [-0.05, 0) is 37.6 Å². The number of benzene rings is 1. The van der Waals surface area contributed by atoms with E-state index < -0.39 is 15.3 Å². The molecule has 2 N–H and O–H groups in total. The number of aromatic hydroxyl groups is 1. The zero-order valence-electron chi connectivity index (χ0n) is 18.6. The number of anilines is 1. The number of fused-ring (bicyclic) bond motifs is 1. The third-order valence-electron chi connectivity index (χ3n) is 5.19. The fourth-order valence-corrected chi connectivity index (χ4v) is 5.03. The molecule has 1 aliphatic heterocycles. The zero-order chi connectivity index (χ0) is 24.7. The van der Waals surface area contributed by atoms with Gasteiger partial charge in [0.05, 0.1) is 25.0 Å². The van der Waals surface area contributed by atoms with Crippen LogP contribution in [-0.2, 0) is 14.8 Å². The van der Waals surface area contributed by atoms with Crippen molar-refractivity contribution in [2.24, 2.45) is 4.99 Å². The standard InChI is InChI=1S/C22H19ClN6O5S/c1-3-34-16-9-4-6-13(24-16)21-27-20-22(29(21)17-14(30)7-5-8-15(17)33-2)26-19(18(23)25-20)28-35(31,32)12-10-11-12/h5,7-9,12,30H,3,10-11H2,1-2H3,(H,26,28). The molecule has 1 fully saturated rings. The Morgan fingerprint density at radius 3 is 2.80 bits per heavy atom. The molecule has 3 heterocycles. The van der Waals surface area contributed by atoms with Crippen molar-refractivity contribution in [1.82, 2.24) is 19.5 Å². The van der Waals surface area contributed by atoms with Crippen LogP contribution < -0.4 is 9.46 Å². The van der Waals surface area contributed by atoms with Gasteiger partial charge in [-0.2, -0.15) is 0 Å². The topological polar surface area (TPSA) is 141 Å². The average Bonchev–Trinajstić information content (AvgIpc) is 3.63. The molecule has 1 saturated carbocycles. The van der Waals surface area contributed by atoms with E-state index in [1.807, 2.05) is 6.92 Å². The van der Waals surface area contributed by atoms with E-state index in [9.17, 15) is 13.5 Å². The second kappa shape index (κ2) is 8.75. The molecule has 13 heteroatoms. The molecule has 0 unspecified atom stereocenters. The number of nitrogens with one attached hydrogen (secondary N) is 1. The summed E-state index contributed by atoms with van der Waals surface area (Å²) in [4.78, 5) is 17.6. The highest BCUT2D eigenvalue weighted by atomic mass is 35.5. The first-order chi connectivity index (χ1) is 16.8.